The minimum atomic E-state index is -0.385. The lowest BCUT2D eigenvalue weighted by Crippen LogP contribution is -2.47. The molecule has 1 rings (SSSR count). The van der Waals surface area contributed by atoms with Gasteiger partial charge in [0.1, 0.15) is 0 Å². The normalized spacial score (nSPS) is 9.72. The number of amides is 4. The highest BCUT2D eigenvalue weighted by Crippen LogP contribution is 2.12. The van der Waals surface area contributed by atoms with Crippen LogP contribution in [-0.2, 0) is 0 Å². The highest BCUT2D eigenvalue weighted by molar-refractivity contribution is 6.01. The first-order valence-electron chi connectivity index (χ1n) is 5.92. The van der Waals surface area contributed by atoms with E-state index in [1.54, 1.807) is 7.05 Å². The Hall–Kier alpha value is -2.04. The van der Waals surface area contributed by atoms with Crippen LogP contribution >= 0.6 is 0 Å². The Balaban J connectivity index is 2.66. The van der Waals surface area contributed by atoms with Crippen LogP contribution in [0.4, 0.5) is 15.3 Å². The molecule has 18 heavy (non-hydrogen) atoms. The van der Waals surface area contributed by atoms with E-state index in [0.717, 1.165) is 17.0 Å². The minimum absolute atomic E-state index is 0.366. The molecule has 5 nitrogen and oxygen atoms in total. The lowest BCUT2D eigenvalue weighted by Gasteiger charge is -2.23. The molecule has 0 bridgehead atoms. The molecule has 0 aliphatic carbocycles. The second-order valence-corrected chi connectivity index (χ2v) is 3.97. The van der Waals surface area contributed by atoms with E-state index in [1.807, 2.05) is 37.3 Å². The van der Waals surface area contributed by atoms with Gasteiger partial charge in [0.15, 0.2) is 0 Å². The molecular formula is C13H19N3O2. The van der Waals surface area contributed by atoms with Crippen molar-refractivity contribution in [2.45, 2.75) is 13.3 Å². The number of urea groups is 2. The van der Waals surface area contributed by atoms with Crippen LogP contribution in [0.5, 0.6) is 0 Å². The second kappa shape index (κ2) is 6.64. The minimum Gasteiger partial charge on any atom is -0.338 e. The third kappa shape index (κ3) is 3.48. The van der Waals surface area contributed by atoms with Gasteiger partial charge in [0.25, 0.3) is 0 Å². The summed E-state index contributed by atoms with van der Waals surface area (Å²) in [7, 11) is 3.11. The molecule has 0 aromatic heterocycles. The zero-order valence-electron chi connectivity index (χ0n) is 11.0. The zero-order valence-corrected chi connectivity index (χ0v) is 11.0. The Morgan fingerprint density at radius 1 is 1.17 bits per heavy atom. The topological polar surface area (TPSA) is 52.7 Å². The zero-order chi connectivity index (χ0) is 13.5. The molecule has 98 valence electrons. The lowest BCUT2D eigenvalue weighted by molar-refractivity contribution is 0.199. The third-order valence-corrected chi connectivity index (χ3v) is 2.55. The Bertz CT molecular complexity index is 406. The largest absolute Gasteiger partial charge is 0.338 e. The fourth-order valence-electron chi connectivity index (χ4n) is 1.42. The molecule has 1 N–H and O–H groups in total. The number of hydrogen-bond acceptors (Lipinski definition) is 2. The van der Waals surface area contributed by atoms with Gasteiger partial charge in [-0.2, -0.15) is 0 Å². The number of carbonyl (C=O) groups excluding carboxylic acids is 2. The first kappa shape index (κ1) is 14.0. The van der Waals surface area contributed by atoms with Crippen LogP contribution in [0.1, 0.15) is 13.3 Å². The number of benzene rings is 1. The number of anilines is 1. The predicted octanol–water partition coefficient (Wildman–Crippen LogP) is 2.29. The van der Waals surface area contributed by atoms with Gasteiger partial charge in [0.2, 0.25) is 0 Å². The quantitative estimate of drug-likeness (QED) is 0.893. The van der Waals surface area contributed by atoms with E-state index >= 15 is 0 Å². The highest BCUT2D eigenvalue weighted by atomic mass is 16.2. The molecule has 1 aromatic rings. The lowest BCUT2D eigenvalue weighted by atomic mass is 10.3. The van der Waals surface area contributed by atoms with Crippen molar-refractivity contribution in [3.63, 3.8) is 0 Å². The van der Waals surface area contributed by atoms with Crippen LogP contribution < -0.4 is 10.2 Å². The van der Waals surface area contributed by atoms with Crippen molar-refractivity contribution in [1.29, 1.82) is 0 Å². The summed E-state index contributed by atoms with van der Waals surface area (Å²) in [6.45, 7) is 2.52. The molecule has 0 aliphatic heterocycles. The van der Waals surface area contributed by atoms with Crippen molar-refractivity contribution in [2.24, 2.45) is 0 Å². The van der Waals surface area contributed by atoms with Crippen molar-refractivity contribution in [3.05, 3.63) is 30.3 Å². The first-order chi connectivity index (χ1) is 8.57. The average Bonchev–Trinajstić information content (AvgIpc) is 2.43. The van der Waals surface area contributed by atoms with E-state index in [4.69, 9.17) is 0 Å². The number of nitrogens with one attached hydrogen (secondary N) is 1. The standard InChI is InChI=1S/C13H19N3O2/c1-4-10-14-12(17)16(3)13(18)15(2)11-8-6-5-7-9-11/h5-9H,4,10H2,1-3H3,(H,14,17). The predicted molar refractivity (Wildman–Crippen MR) is 71.7 cm³/mol. The summed E-state index contributed by atoms with van der Waals surface area (Å²) in [6, 6.07) is 8.44. The summed E-state index contributed by atoms with van der Waals surface area (Å²) in [5, 5.41) is 2.66. The van der Waals surface area contributed by atoms with E-state index in [-0.39, 0.29) is 12.1 Å². The fraction of sp³-hybridized carbons (Fsp3) is 0.385. The summed E-state index contributed by atoms with van der Waals surface area (Å²) in [5.74, 6) is 0. The monoisotopic (exact) mass is 249 g/mol. The molecule has 0 unspecified atom stereocenters. The average molecular weight is 249 g/mol. The molecule has 0 aliphatic rings. The van der Waals surface area contributed by atoms with Gasteiger partial charge in [-0.05, 0) is 18.6 Å². The maximum Gasteiger partial charge on any atom is 0.332 e. The Labute approximate surface area is 107 Å². The van der Waals surface area contributed by atoms with Crippen molar-refractivity contribution >= 4 is 17.7 Å². The van der Waals surface area contributed by atoms with Gasteiger partial charge in [-0.25, -0.2) is 14.5 Å². The van der Waals surface area contributed by atoms with E-state index in [0.29, 0.717) is 6.54 Å². The molecule has 0 fully saturated rings. The summed E-state index contributed by atoms with van der Waals surface area (Å²) < 4.78 is 0. The molecule has 1 aromatic carbocycles. The summed E-state index contributed by atoms with van der Waals surface area (Å²) in [5.41, 5.74) is 0.748. The Kier molecular flexibility index (Phi) is 5.17. The van der Waals surface area contributed by atoms with Crippen LogP contribution in [-0.4, -0.2) is 37.6 Å². The van der Waals surface area contributed by atoms with Crippen LogP contribution in [0.15, 0.2) is 30.3 Å². The second-order valence-electron chi connectivity index (χ2n) is 3.97. The van der Waals surface area contributed by atoms with Crippen molar-refractivity contribution in [3.8, 4) is 0 Å². The van der Waals surface area contributed by atoms with Crippen molar-refractivity contribution < 1.29 is 9.59 Å². The summed E-state index contributed by atoms with van der Waals surface area (Å²) >= 11 is 0. The van der Waals surface area contributed by atoms with Gasteiger partial charge in [-0.15, -0.1) is 0 Å². The number of para-hydroxylation sites is 1. The number of carbonyl (C=O) groups is 2. The molecular weight excluding hydrogens is 230 g/mol. The summed E-state index contributed by atoms with van der Waals surface area (Å²) in [6.07, 6.45) is 0.836. The summed E-state index contributed by atoms with van der Waals surface area (Å²) in [4.78, 5) is 26.2. The van der Waals surface area contributed by atoms with Gasteiger partial charge in [-0.3, -0.25) is 4.90 Å². The maximum absolute atomic E-state index is 12.0. The molecule has 4 amide bonds. The van der Waals surface area contributed by atoms with E-state index in [1.165, 1.54) is 11.9 Å². The fourth-order valence-corrected chi connectivity index (χ4v) is 1.42. The molecule has 0 saturated carbocycles. The molecule has 0 radical (unpaired) electrons. The molecule has 0 atom stereocenters. The van der Waals surface area contributed by atoms with Gasteiger partial charge in [-0.1, -0.05) is 25.1 Å². The maximum atomic E-state index is 12.0. The van der Waals surface area contributed by atoms with Gasteiger partial charge >= 0.3 is 12.1 Å². The van der Waals surface area contributed by atoms with Crippen LogP contribution in [0, 0.1) is 0 Å². The van der Waals surface area contributed by atoms with Gasteiger partial charge < -0.3 is 5.32 Å². The first-order valence-corrected chi connectivity index (χ1v) is 5.92. The smallest absolute Gasteiger partial charge is 0.332 e. The molecule has 5 heteroatoms. The van der Waals surface area contributed by atoms with E-state index in [2.05, 4.69) is 5.32 Å². The number of nitrogens with zero attached hydrogens (tertiary/aromatic N) is 2. The molecule has 0 saturated heterocycles. The number of imide groups is 1. The highest BCUT2D eigenvalue weighted by Gasteiger charge is 2.20. The molecule has 0 spiro atoms. The van der Waals surface area contributed by atoms with E-state index < -0.39 is 0 Å². The van der Waals surface area contributed by atoms with Crippen molar-refractivity contribution in [2.75, 3.05) is 25.5 Å². The van der Waals surface area contributed by atoms with Crippen molar-refractivity contribution in [1.82, 2.24) is 10.2 Å². The SMILES string of the molecule is CCCNC(=O)N(C)C(=O)N(C)c1ccccc1. The third-order valence-electron chi connectivity index (χ3n) is 2.55. The number of rotatable bonds is 3. The Morgan fingerprint density at radius 3 is 2.33 bits per heavy atom. The Morgan fingerprint density at radius 2 is 1.78 bits per heavy atom. The van der Waals surface area contributed by atoms with Gasteiger partial charge in [0, 0.05) is 26.3 Å². The number of hydrogen-bond donors (Lipinski definition) is 1. The van der Waals surface area contributed by atoms with Crippen LogP contribution in [0.3, 0.4) is 0 Å². The van der Waals surface area contributed by atoms with E-state index in [9.17, 15) is 9.59 Å². The molecule has 0 heterocycles. The van der Waals surface area contributed by atoms with Crippen LogP contribution in [0.2, 0.25) is 0 Å². The van der Waals surface area contributed by atoms with Crippen LogP contribution in [0.25, 0.3) is 0 Å². The van der Waals surface area contributed by atoms with Gasteiger partial charge in [0.05, 0.1) is 0 Å².